The van der Waals surface area contributed by atoms with Crippen LogP contribution in [0.5, 0.6) is 17.2 Å². The first-order chi connectivity index (χ1) is 16.5. The van der Waals surface area contributed by atoms with Crippen molar-refractivity contribution >= 4 is 23.8 Å². The van der Waals surface area contributed by atoms with Crippen molar-refractivity contribution in [3.63, 3.8) is 0 Å². The van der Waals surface area contributed by atoms with E-state index in [0.29, 0.717) is 36.5 Å². The van der Waals surface area contributed by atoms with Gasteiger partial charge in [0.05, 0.1) is 7.11 Å². The molecule has 0 heterocycles. The number of benzene rings is 2. The molecule has 35 heavy (non-hydrogen) atoms. The zero-order valence-electron chi connectivity index (χ0n) is 18.7. The number of para-hydroxylation sites is 2. The second kappa shape index (κ2) is 14.3. The first kappa shape index (κ1) is 29.0. The van der Waals surface area contributed by atoms with Gasteiger partial charge in [0.25, 0.3) is 0 Å². The zero-order chi connectivity index (χ0) is 26.4. The number of aldehydes is 1. The Balaban J connectivity index is 0.000000762. The van der Waals surface area contributed by atoms with Gasteiger partial charge in [-0.3, -0.25) is 4.79 Å². The third-order valence-electron chi connectivity index (χ3n) is 4.10. The number of allylic oxidation sites excluding steroid dienone is 1. The van der Waals surface area contributed by atoms with E-state index in [9.17, 15) is 27.9 Å². The number of methoxy groups -OCH3 is 1. The molecule has 0 saturated heterocycles. The standard InChI is InChI=1S/C21H23NO6.C2HF3O2/c1-22-11-13-27-16-7-5-6-15(14-16)17(10-12-23)20(21(24)25)28-19-9-4-3-8-18(19)26-2;3-2(4,5)1(6)7/h3-10,12,14,20,22H,11,13H2,1-2H3,(H,24,25);(H,6,7). The number of halogens is 3. The number of nitrogens with one attached hydrogen (secondary N) is 1. The molecule has 0 aliphatic rings. The smallest absolute Gasteiger partial charge is 0.490 e. The Morgan fingerprint density at radius 1 is 1.09 bits per heavy atom. The van der Waals surface area contributed by atoms with E-state index in [4.69, 9.17) is 24.1 Å². The molecular weight excluding hydrogens is 475 g/mol. The monoisotopic (exact) mass is 499 g/mol. The van der Waals surface area contributed by atoms with Crippen molar-refractivity contribution in [1.82, 2.24) is 5.32 Å². The van der Waals surface area contributed by atoms with E-state index in [2.05, 4.69) is 5.32 Å². The molecule has 0 saturated carbocycles. The summed E-state index contributed by atoms with van der Waals surface area (Å²) in [5.41, 5.74) is 0.712. The van der Waals surface area contributed by atoms with Crippen LogP contribution < -0.4 is 19.5 Å². The molecule has 2 aromatic carbocycles. The lowest BCUT2D eigenvalue weighted by atomic mass is 9.99. The number of aliphatic carboxylic acids is 2. The van der Waals surface area contributed by atoms with Crippen LogP contribution in [0.25, 0.3) is 5.57 Å². The van der Waals surface area contributed by atoms with Gasteiger partial charge in [0.1, 0.15) is 18.6 Å². The summed E-state index contributed by atoms with van der Waals surface area (Å²) in [4.78, 5) is 32.0. The molecule has 190 valence electrons. The zero-order valence-corrected chi connectivity index (χ0v) is 18.7. The Morgan fingerprint density at radius 3 is 2.23 bits per heavy atom. The van der Waals surface area contributed by atoms with Crippen molar-refractivity contribution in [2.24, 2.45) is 0 Å². The van der Waals surface area contributed by atoms with E-state index in [0.717, 1.165) is 0 Å². The van der Waals surface area contributed by atoms with E-state index in [-0.39, 0.29) is 11.3 Å². The number of ether oxygens (including phenoxy) is 3. The predicted octanol–water partition coefficient (Wildman–Crippen LogP) is 3.04. The third kappa shape index (κ3) is 9.76. The fraction of sp³-hybridized carbons (Fsp3) is 0.261. The molecule has 0 aromatic heterocycles. The van der Waals surface area contributed by atoms with Gasteiger partial charge < -0.3 is 29.7 Å². The molecule has 1 unspecified atom stereocenters. The molecular formula is C23H24F3NO8. The van der Waals surface area contributed by atoms with Crippen LogP contribution in [0.1, 0.15) is 5.56 Å². The molecule has 3 N–H and O–H groups in total. The van der Waals surface area contributed by atoms with Gasteiger partial charge >= 0.3 is 18.1 Å². The van der Waals surface area contributed by atoms with E-state index >= 15 is 0 Å². The molecule has 0 aliphatic carbocycles. The summed E-state index contributed by atoms with van der Waals surface area (Å²) < 4.78 is 48.3. The highest BCUT2D eigenvalue weighted by molar-refractivity contribution is 5.95. The molecule has 0 aliphatic heterocycles. The Kier molecular flexibility index (Phi) is 11.8. The molecule has 9 nitrogen and oxygen atoms in total. The number of carbonyl (C=O) groups is 3. The van der Waals surface area contributed by atoms with Gasteiger partial charge in [-0.2, -0.15) is 13.2 Å². The fourth-order valence-electron chi connectivity index (χ4n) is 2.53. The number of hydrogen-bond donors (Lipinski definition) is 3. The van der Waals surface area contributed by atoms with Gasteiger partial charge in [-0.1, -0.05) is 24.3 Å². The largest absolute Gasteiger partial charge is 0.493 e. The molecule has 0 spiro atoms. The minimum absolute atomic E-state index is 0.201. The summed E-state index contributed by atoms with van der Waals surface area (Å²) >= 11 is 0. The van der Waals surface area contributed by atoms with Gasteiger partial charge in [-0.25, -0.2) is 9.59 Å². The minimum Gasteiger partial charge on any atom is -0.493 e. The number of carbonyl (C=O) groups excluding carboxylic acids is 1. The summed E-state index contributed by atoms with van der Waals surface area (Å²) in [5, 5.41) is 19.8. The third-order valence-corrected chi connectivity index (χ3v) is 4.10. The molecule has 0 amide bonds. The average Bonchev–Trinajstić information content (AvgIpc) is 2.81. The maximum atomic E-state index is 11.9. The Labute approximate surface area is 198 Å². The number of hydrogen-bond acceptors (Lipinski definition) is 7. The maximum absolute atomic E-state index is 11.9. The molecule has 2 aromatic rings. The Morgan fingerprint density at radius 2 is 1.71 bits per heavy atom. The van der Waals surface area contributed by atoms with Crippen LogP contribution in [-0.4, -0.2) is 68.0 Å². The van der Waals surface area contributed by atoms with Crippen LogP contribution in [0.2, 0.25) is 0 Å². The summed E-state index contributed by atoms with van der Waals surface area (Å²) in [6.45, 7) is 1.11. The van der Waals surface area contributed by atoms with Gasteiger partial charge in [0.2, 0.25) is 6.10 Å². The highest BCUT2D eigenvalue weighted by atomic mass is 19.4. The summed E-state index contributed by atoms with van der Waals surface area (Å²) in [7, 11) is 3.28. The van der Waals surface area contributed by atoms with Crippen LogP contribution in [0.15, 0.2) is 54.6 Å². The van der Waals surface area contributed by atoms with Crippen LogP contribution in [0, 0.1) is 0 Å². The van der Waals surface area contributed by atoms with Gasteiger partial charge in [-0.05, 0) is 43.0 Å². The predicted molar refractivity (Wildman–Crippen MR) is 119 cm³/mol. The molecule has 0 fully saturated rings. The number of alkyl halides is 3. The lowest BCUT2D eigenvalue weighted by molar-refractivity contribution is -0.192. The topological polar surface area (TPSA) is 131 Å². The lowest BCUT2D eigenvalue weighted by Crippen LogP contribution is -2.29. The van der Waals surface area contributed by atoms with Gasteiger partial charge in [-0.15, -0.1) is 0 Å². The second-order valence-electron chi connectivity index (χ2n) is 6.53. The van der Waals surface area contributed by atoms with Crippen molar-refractivity contribution < 1.29 is 52.0 Å². The normalized spacial score (nSPS) is 12.0. The first-order valence-corrected chi connectivity index (χ1v) is 9.90. The molecule has 2 rings (SSSR count). The van der Waals surface area contributed by atoms with Crippen molar-refractivity contribution in [2.45, 2.75) is 12.3 Å². The molecule has 0 radical (unpaired) electrons. The highest BCUT2D eigenvalue weighted by Crippen LogP contribution is 2.31. The van der Waals surface area contributed by atoms with Crippen LogP contribution in [0.4, 0.5) is 13.2 Å². The van der Waals surface area contributed by atoms with Crippen molar-refractivity contribution in [2.75, 3.05) is 27.3 Å². The minimum atomic E-state index is -5.08. The second-order valence-corrected chi connectivity index (χ2v) is 6.53. The lowest BCUT2D eigenvalue weighted by Gasteiger charge is -2.20. The Hall–Kier alpha value is -4.06. The number of carboxylic acid groups (broad SMARTS) is 2. The van der Waals surface area contributed by atoms with Crippen molar-refractivity contribution in [1.29, 1.82) is 0 Å². The van der Waals surface area contributed by atoms with E-state index in [1.54, 1.807) is 48.5 Å². The quantitative estimate of drug-likeness (QED) is 0.243. The SMILES string of the molecule is CNCCOc1cccc(C(=CC=O)C(Oc2ccccc2OC)C(=O)O)c1.O=C(O)C(F)(F)F. The van der Waals surface area contributed by atoms with Crippen molar-refractivity contribution in [3.8, 4) is 17.2 Å². The average molecular weight is 499 g/mol. The fourth-order valence-corrected chi connectivity index (χ4v) is 2.53. The maximum Gasteiger partial charge on any atom is 0.490 e. The van der Waals surface area contributed by atoms with E-state index in [1.807, 2.05) is 7.05 Å². The van der Waals surface area contributed by atoms with Crippen molar-refractivity contribution in [3.05, 3.63) is 60.2 Å². The summed E-state index contributed by atoms with van der Waals surface area (Å²) in [6.07, 6.45) is -4.78. The van der Waals surface area contributed by atoms with Crippen LogP contribution in [0.3, 0.4) is 0 Å². The Bertz CT molecular complexity index is 1020. The molecule has 1 atom stereocenters. The first-order valence-electron chi connectivity index (χ1n) is 9.90. The highest BCUT2D eigenvalue weighted by Gasteiger charge is 2.38. The molecule has 12 heteroatoms. The summed E-state index contributed by atoms with van der Waals surface area (Å²) in [5.74, 6) is -2.78. The van der Waals surface area contributed by atoms with Gasteiger partial charge in [0, 0.05) is 12.1 Å². The van der Waals surface area contributed by atoms with Crippen LogP contribution >= 0.6 is 0 Å². The van der Waals surface area contributed by atoms with Gasteiger partial charge in [0.15, 0.2) is 11.5 Å². The van der Waals surface area contributed by atoms with Crippen LogP contribution in [-0.2, 0) is 14.4 Å². The van der Waals surface area contributed by atoms with E-state index < -0.39 is 24.2 Å². The number of carboxylic acids is 2. The summed E-state index contributed by atoms with van der Waals surface area (Å²) in [6, 6.07) is 13.6. The van der Waals surface area contributed by atoms with E-state index in [1.165, 1.54) is 13.2 Å². The molecule has 0 bridgehead atoms. The number of rotatable bonds is 11. The number of likely N-dealkylation sites (N-methyl/N-ethyl adjacent to an activating group) is 1.